The molecular formula is C20H19F3N8. The van der Waals surface area contributed by atoms with Crippen LogP contribution in [0.1, 0.15) is 30.9 Å². The molecule has 0 atom stereocenters. The Morgan fingerprint density at radius 1 is 1.19 bits per heavy atom. The Kier molecular flexibility index (Phi) is 4.96. The molecule has 0 unspecified atom stereocenters. The minimum Gasteiger partial charge on any atom is -0.404 e. The van der Waals surface area contributed by atoms with Crippen LogP contribution in [-0.2, 0) is 13.0 Å². The fraction of sp³-hybridized carbons (Fsp3) is 0.250. The Morgan fingerprint density at radius 3 is 2.68 bits per heavy atom. The van der Waals surface area contributed by atoms with Gasteiger partial charge in [0, 0.05) is 48.7 Å². The molecule has 4 rings (SSSR count). The second-order valence-electron chi connectivity index (χ2n) is 7.27. The van der Waals surface area contributed by atoms with Crippen molar-refractivity contribution in [3.63, 3.8) is 0 Å². The summed E-state index contributed by atoms with van der Waals surface area (Å²) in [6.07, 6.45) is 4.31. The number of benzene rings is 1. The van der Waals surface area contributed by atoms with Gasteiger partial charge in [-0.25, -0.2) is 4.39 Å². The van der Waals surface area contributed by atoms with Gasteiger partial charge in [-0.05, 0) is 32.0 Å². The number of fused-ring (bicyclic) bond motifs is 2. The van der Waals surface area contributed by atoms with Gasteiger partial charge in [0.05, 0.1) is 16.8 Å². The predicted molar refractivity (Wildman–Crippen MR) is 110 cm³/mol. The molecule has 0 aliphatic heterocycles. The van der Waals surface area contributed by atoms with E-state index in [9.17, 15) is 4.39 Å². The maximum atomic E-state index is 15.4. The third-order valence-corrected chi connectivity index (χ3v) is 4.58. The Morgan fingerprint density at radius 2 is 1.97 bits per heavy atom. The lowest BCUT2D eigenvalue weighted by molar-refractivity contribution is 0.0270. The Bertz CT molecular complexity index is 1330. The van der Waals surface area contributed by atoms with Gasteiger partial charge in [0.1, 0.15) is 5.82 Å². The molecule has 8 nitrogen and oxygen atoms in total. The zero-order valence-electron chi connectivity index (χ0n) is 17.0. The normalized spacial score (nSPS) is 13.3. The van der Waals surface area contributed by atoms with Gasteiger partial charge < -0.3 is 5.73 Å². The first-order valence-corrected chi connectivity index (χ1v) is 9.40. The van der Waals surface area contributed by atoms with E-state index in [2.05, 4.69) is 25.4 Å². The third kappa shape index (κ3) is 3.62. The van der Waals surface area contributed by atoms with E-state index in [0.717, 1.165) is 16.6 Å². The van der Waals surface area contributed by atoms with Crippen LogP contribution in [0.5, 0.6) is 0 Å². The number of nitrogens with zero attached hydrogens (tertiary/aromatic N) is 7. The molecule has 3 heterocycles. The standard InChI is InChI=1S/C20H19F3N8/c1-11(2)25-9-13(8-24)16-4-5-18-26-27-19(31(18)29-16)20(22,23)14-6-12-10-30(3)28-17(12)7-15(14)21/h4-11H,24H2,1-3H3. The Balaban J connectivity index is 1.84. The number of alkyl halides is 2. The highest BCUT2D eigenvalue weighted by atomic mass is 19.3. The molecule has 0 fully saturated rings. The van der Waals surface area contributed by atoms with Crippen LogP contribution in [0.4, 0.5) is 13.2 Å². The molecule has 0 amide bonds. The van der Waals surface area contributed by atoms with E-state index in [1.54, 1.807) is 13.1 Å². The van der Waals surface area contributed by atoms with Gasteiger partial charge in [-0.3, -0.25) is 9.67 Å². The summed E-state index contributed by atoms with van der Waals surface area (Å²) in [6.45, 7) is 3.76. The first-order chi connectivity index (χ1) is 14.7. The molecule has 3 aromatic heterocycles. The molecule has 11 heteroatoms. The average Bonchev–Trinajstić information content (AvgIpc) is 3.29. The monoisotopic (exact) mass is 428 g/mol. The lowest BCUT2D eigenvalue weighted by Crippen LogP contribution is -2.22. The van der Waals surface area contributed by atoms with E-state index < -0.39 is 23.1 Å². The summed E-state index contributed by atoms with van der Waals surface area (Å²) in [4.78, 5) is 4.24. The van der Waals surface area contributed by atoms with E-state index in [1.165, 1.54) is 29.4 Å². The van der Waals surface area contributed by atoms with Gasteiger partial charge in [-0.15, -0.1) is 10.2 Å². The molecule has 0 aliphatic rings. The van der Waals surface area contributed by atoms with Crippen LogP contribution in [0.2, 0.25) is 0 Å². The van der Waals surface area contributed by atoms with Crippen LogP contribution in [-0.4, -0.2) is 41.8 Å². The van der Waals surface area contributed by atoms with Crippen LogP contribution in [0.15, 0.2) is 41.7 Å². The highest BCUT2D eigenvalue weighted by Gasteiger charge is 2.42. The minimum atomic E-state index is -3.81. The lowest BCUT2D eigenvalue weighted by Gasteiger charge is -2.15. The maximum Gasteiger partial charge on any atom is 0.336 e. The van der Waals surface area contributed by atoms with E-state index in [4.69, 9.17) is 5.73 Å². The number of nitrogens with two attached hydrogens (primary N) is 1. The third-order valence-electron chi connectivity index (χ3n) is 4.58. The highest BCUT2D eigenvalue weighted by molar-refractivity contribution is 6.08. The van der Waals surface area contributed by atoms with Crippen LogP contribution in [0.25, 0.3) is 22.1 Å². The first-order valence-electron chi connectivity index (χ1n) is 9.40. The summed E-state index contributed by atoms with van der Waals surface area (Å²) >= 11 is 0. The quantitative estimate of drug-likeness (QED) is 0.493. The molecule has 0 saturated carbocycles. The van der Waals surface area contributed by atoms with Gasteiger partial charge >= 0.3 is 5.92 Å². The fourth-order valence-electron chi connectivity index (χ4n) is 3.09. The number of aryl methyl sites for hydroxylation is 1. The van der Waals surface area contributed by atoms with Crippen molar-refractivity contribution >= 4 is 28.3 Å². The number of halogens is 3. The Hall–Kier alpha value is -3.76. The summed E-state index contributed by atoms with van der Waals surface area (Å²) < 4.78 is 47.7. The summed E-state index contributed by atoms with van der Waals surface area (Å²) in [6, 6.07) is 5.09. The molecule has 0 bridgehead atoms. The number of allylic oxidation sites excluding steroid dienone is 1. The van der Waals surface area contributed by atoms with Gasteiger partial charge in [0.2, 0.25) is 5.82 Å². The van der Waals surface area contributed by atoms with Crippen LogP contribution in [0, 0.1) is 5.82 Å². The second-order valence-corrected chi connectivity index (χ2v) is 7.27. The Labute approximate surface area is 174 Å². The molecule has 2 N–H and O–H groups in total. The molecular weight excluding hydrogens is 409 g/mol. The van der Waals surface area contributed by atoms with Crippen LogP contribution in [0.3, 0.4) is 0 Å². The van der Waals surface area contributed by atoms with Gasteiger partial charge in [0.15, 0.2) is 5.65 Å². The molecule has 4 aromatic rings. The van der Waals surface area contributed by atoms with Crippen molar-refractivity contribution in [3.8, 4) is 0 Å². The molecule has 1 aromatic carbocycles. The number of hydrogen-bond donors (Lipinski definition) is 1. The van der Waals surface area contributed by atoms with Crippen molar-refractivity contribution in [3.05, 3.63) is 59.6 Å². The van der Waals surface area contributed by atoms with Crippen molar-refractivity contribution in [2.45, 2.75) is 25.8 Å². The molecule has 160 valence electrons. The molecule has 0 saturated heterocycles. The van der Waals surface area contributed by atoms with E-state index in [-0.39, 0.29) is 17.2 Å². The number of aliphatic imine (C=N–C) groups is 1. The topological polar surface area (TPSA) is 99.3 Å². The number of rotatable bonds is 5. The van der Waals surface area contributed by atoms with Crippen molar-refractivity contribution in [1.82, 2.24) is 29.6 Å². The second kappa shape index (κ2) is 7.49. The van der Waals surface area contributed by atoms with Crippen LogP contribution >= 0.6 is 0 Å². The van der Waals surface area contributed by atoms with Gasteiger partial charge in [-0.2, -0.15) is 23.5 Å². The number of hydrogen-bond acceptors (Lipinski definition) is 6. The average molecular weight is 428 g/mol. The summed E-state index contributed by atoms with van der Waals surface area (Å²) in [5.41, 5.74) is 5.89. The minimum absolute atomic E-state index is 0.0128. The fourth-order valence-corrected chi connectivity index (χ4v) is 3.09. The first kappa shape index (κ1) is 20.5. The largest absolute Gasteiger partial charge is 0.404 e. The lowest BCUT2D eigenvalue weighted by atomic mass is 10.0. The van der Waals surface area contributed by atoms with E-state index in [0.29, 0.717) is 16.7 Å². The summed E-state index contributed by atoms with van der Waals surface area (Å²) in [5, 5.41) is 16.0. The highest BCUT2D eigenvalue weighted by Crippen LogP contribution is 2.37. The molecule has 0 aliphatic carbocycles. The maximum absolute atomic E-state index is 15.4. The number of aromatic nitrogens is 6. The molecule has 0 spiro atoms. The van der Waals surface area contributed by atoms with E-state index >= 15 is 8.78 Å². The zero-order valence-corrected chi connectivity index (χ0v) is 17.0. The van der Waals surface area contributed by atoms with Crippen molar-refractivity contribution in [2.75, 3.05) is 0 Å². The smallest absolute Gasteiger partial charge is 0.336 e. The molecule has 31 heavy (non-hydrogen) atoms. The van der Waals surface area contributed by atoms with Crippen molar-refractivity contribution in [2.24, 2.45) is 17.8 Å². The molecule has 0 radical (unpaired) electrons. The summed E-state index contributed by atoms with van der Waals surface area (Å²) in [5.74, 6) is -5.73. The van der Waals surface area contributed by atoms with Gasteiger partial charge in [0.25, 0.3) is 0 Å². The van der Waals surface area contributed by atoms with Gasteiger partial charge in [-0.1, -0.05) is 0 Å². The zero-order chi connectivity index (χ0) is 22.3. The predicted octanol–water partition coefficient (Wildman–Crippen LogP) is 3.07. The van der Waals surface area contributed by atoms with Crippen LogP contribution < -0.4 is 5.73 Å². The van der Waals surface area contributed by atoms with E-state index in [1.807, 2.05) is 13.8 Å². The van der Waals surface area contributed by atoms with Crippen molar-refractivity contribution < 1.29 is 13.2 Å². The summed E-state index contributed by atoms with van der Waals surface area (Å²) in [7, 11) is 1.62. The van der Waals surface area contributed by atoms with Crippen molar-refractivity contribution in [1.29, 1.82) is 0 Å². The SMILES string of the molecule is CC(C)N=CC(=CN)c1ccc2nnc(C(F)(F)c3cc4cn(C)nc4cc3F)n2n1.